The summed E-state index contributed by atoms with van der Waals surface area (Å²) in [4.78, 5) is 16.0. The van der Waals surface area contributed by atoms with Gasteiger partial charge in [0.05, 0.1) is 6.20 Å². The first-order valence-electron chi connectivity index (χ1n) is 6.85. The van der Waals surface area contributed by atoms with Crippen LogP contribution in [0.15, 0.2) is 18.5 Å². The van der Waals surface area contributed by atoms with Crippen molar-refractivity contribution in [3.05, 3.63) is 29.8 Å². The Bertz CT molecular complexity index is 411. The van der Waals surface area contributed by atoms with Crippen molar-refractivity contribution in [3.8, 4) is 0 Å². The van der Waals surface area contributed by atoms with Crippen LogP contribution in [0.1, 0.15) is 55.8 Å². The zero-order chi connectivity index (χ0) is 13.0. The maximum atomic E-state index is 13.0. The minimum absolute atomic E-state index is 0.0666. The van der Waals surface area contributed by atoms with Gasteiger partial charge in [-0.1, -0.05) is 19.8 Å². The zero-order valence-electron chi connectivity index (χ0n) is 10.9. The van der Waals surface area contributed by atoms with Gasteiger partial charge in [-0.15, -0.1) is 0 Å². The van der Waals surface area contributed by atoms with Crippen LogP contribution < -0.4 is 0 Å². The van der Waals surface area contributed by atoms with E-state index in [2.05, 4.69) is 11.9 Å². The summed E-state index contributed by atoms with van der Waals surface area (Å²) in [5.74, 6) is 0.490. The third-order valence-electron chi connectivity index (χ3n) is 3.90. The largest absolute Gasteiger partial charge is 0.294 e. The molecule has 1 aliphatic carbocycles. The van der Waals surface area contributed by atoms with Gasteiger partial charge >= 0.3 is 0 Å². The van der Waals surface area contributed by atoms with Gasteiger partial charge in [-0.25, -0.2) is 4.39 Å². The predicted molar refractivity (Wildman–Crippen MR) is 68.9 cm³/mol. The fourth-order valence-corrected chi connectivity index (χ4v) is 2.90. The summed E-state index contributed by atoms with van der Waals surface area (Å²) in [5, 5.41) is 0. The van der Waals surface area contributed by atoms with Crippen LogP contribution in [0.3, 0.4) is 0 Å². The maximum absolute atomic E-state index is 13.0. The molecule has 1 aromatic heterocycles. The molecule has 98 valence electrons. The van der Waals surface area contributed by atoms with Gasteiger partial charge in [0, 0.05) is 17.7 Å². The Morgan fingerprint density at radius 3 is 2.67 bits per heavy atom. The number of hydrogen-bond donors (Lipinski definition) is 0. The van der Waals surface area contributed by atoms with E-state index in [4.69, 9.17) is 0 Å². The SMILES string of the molecule is CCCC1CCC(C(=O)c2cncc(F)c2)CC1. The molecule has 0 N–H and O–H groups in total. The molecule has 1 fully saturated rings. The molecule has 18 heavy (non-hydrogen) atoms. The Balaban J connectivity index is 1.95. The Morgan fingerprint density at radius 1 is 1.33 bits per heavy atom. The van der Waals surface area contributed by atoms with Crippen molar-refractivity contribution >= 4 is 5.78 Å². The van der Waals surface area contributed by atoms with E-state index in [1.807, 2.05) is 0 Å². The normalized spacial score (nSPS) is 23.9. The fraction of sp³-hybridized carbons (Fsp3) is 0.600. The van der Waals surface area contributed by atoms with Gasteiger partial charge in [0.2, 0.25) is 0 Å². The summed E-state index contributed by atoms with van der Waals surface area (Å²) in [6.07, 6.45) is 9.25. The lowest BCUT2D eigenvalue weighted by atomic mass is 9.77. The van der Waals surface area contributed by atoms with E-state index in [1.165, 1.54) is 25.1 Å². The summed E-state index contributed by atoms with van der Waals surface area (Å²) in [7, 11) is 0. The Labute approximate surface area is 108 Å². The van der Waals surface area contributed by atoms with Crippen molar-refractivity contribution < 1.29 is 9.18 Å². The highest BCUT2D eigenvalue weighted by Gasteiger charge is 2.26. The molecule has 0 unspecified atom stereocenters. The maximum Gasteiger partial charge on any atom is 0.167 e. The lowest BCUT2D eigenvalue weighted by Gasteiger charge is -2.27. The van der Waals surface area contributed by atoms with Gasteiger partial charge in [-0.05, 0) is 37.7 Å². The van der Waals surface area contributed by atoms with Crippen LogP contribution in [-0.4, -0.2) is 10.8 Å². The lowest BCUT2D eigenvalue weighted by molar-refractivity contribution is 0.0869. The quantitative estimate of drug-likeness (QED) is 0.755. The standard InChI is InChI=1S/C15H20FNO/c1-2-3-11-4-6-12(7-5-11)15(18)13-8-14(16)10-17-9-13/h8-12H,2-7H2,1H3. The minimum atomic E-state index is -0.430. The first kappa shape index (κ1) is 13.2. The average Bonchev–Trinajstić information content (AvgIpc) is 2.39. The second kappa shape index (κ2) is 6.07. The van der Waals surface area contributed by atoms with Crippen LogP contribution in [-0.2, 0) is 0 Å². The van der Waals surface area contributed by atoms with Gasteiger partial charge < -0.3 is 0 Å². The molecular formula is C15H20FNO. The van der Waals surface area contributed by atoms with Gasteiger partial charge in [0.15, 0.2) is 5.78 Å². The first-order valence-corrected chi connectivity index (χ1v) is 6.85. The highest BCUT2D eigenvalue weighted by atomic mass is 19.1. The van der Waals surface area contributed by atoms with Crippen LogP contribution >= 0.6 is 0 Å². The summed E-state index contributed by atoms with van der Waals surface area (Å²) < 4.78 is 13.0. The van der Waals surface area contributed by atoms with E-state index < -0.39 is 5.82 Å². The van der Waals surface area contributed by atoms with Crippen molar-refractivity contribution in [2.45, 2.75) is 45.4 Å². The van der Waals surface area contributed by atoms with Gasteiger partial charge in [-0.3, -0.25) is 9.78 Å². The Kier molecular flexibility index (Phi) is 4.45. The number of hydrogen-bond acceptors (Lipinski definition) is 2. The number of carbonyl (C=O) groups excluding carboxylic acids is 1. The van der Waals surface area contributed by atoms with E-state index in [1.54, 1.807) is 0 Å². The van der Waals surface area contributed by atoms with Gasteiger partial charge in [0.25, 0.3) is 0 Å². The first-order chi connectivity index (χ1) is 8.70. The fourth-order valence-electron chi connectivity index (χ4n) is 2.90. The van der Waals surface area contributed by atoms with Crippen molar-refractivity contribution in [2.24, 2.45) is 11.8 Å². The molecule has 0 radical (unpaired) electrons. The van der Waals surface area contributed by atoms with Crippen molar-refractivity contribution in [3.63, 3.8) is 0 Å². The summed E-state index contributed by atoms with van der Waals surface area (Å²) in [6, 6.07) is 1.30. The van der Waals surface area contributed by atoms with E-state index in [-0.39, 0.29) is 11.7 Å². The number of pyridine rings is 1. The van der Waals surface area contributed by atoms with Crippen LogP contribution in [0.5, 0.6) is 0 Å². The second-order valence-electron chi connectivity index (χ2n) is 5.26. The molecule has 1 aromatic rings. The van der Waals surface area contributed by atoms with Crippen LogP contribution in [0.4, 0.5) is 4.39 Å². The number of halogens is 1. The molecule has 2 rings (SSSR count). The molecule has 0 atom stereocenters. The molecule has 1 saturated carbocycles. The molecule has 0 aliphatic heterocycles. The number of nitrogens with zero attached hydrogens (tertiary/aromatic N) is 1. The van der Waals surface area contributed by atoms with Gasteiger partial charge in [-0.2, -0.15) is 0 Å². The Hall–Kier alpha value is -1.25. The summed E-state index contributed by atoms with van der Waals surface area (Å²) in [5.41, 5.74) is 0.425. The molecule has 1 aliphatic rings. The smallest absolute Gasteiger partial charge is 0.167 e. The number of aromatic nitrogens is 1. The number of rotatable bonds is 4. The predicted octanol–water partition coefficient (Wildman–Crippen LogP) is 4.01. The molecule has 1 heterocycles. The van der Waals surface area contributed by atoms with Crippen molar-refractivity contribution in [2.75, 3.05) is 0 Å². The minimum Gasteiger partial charge on any atom is -0.294 e. The van der Waals surface area contributed by atoms with E-state index in [0.717, 1.165) is 37.8 Å². The monoisotopic (exact) mass is 249 g/mol. The Morgan fingerprint density at radius 2 is 2.06 bits per heavy atom. The third kappa shape index (κ3) is 3.15. The number of carbonyl (C=O) groups is 1. The molecule has 0 saturated heterocycles. The lowest BCUT2D eigenvalue weighted by Crippen LogP contribution is -2.22. The van der Waals surface area contributed by atoms with Crippen molar-refractivity contribution in [1.29, 1.82) is 0 Å². The molecule has 0 aromatic carbocycles. The molecular weight excluding hydrogens is 229 g/mol. The molecule has 2 nitrogen and oxygen atoms in total. The van der Waals surface area contributed by atoms with Crippen LogP contribution in [0.25, 0.3) is 0 Å². The highest BCUT2D eigenvalue weighted by Crippen LogP contribution is 2.33. The van der Waals surface area contributed by atoms with Crippen molar-refractivity contribution in [1.82, 2.24) is 4.98 Å². The van der Waals surface area contributed by atoms with E-state index in [0.29, 0.717) is 5.56 Å². The summed E-state index contributed by atoms with van der Waals surface area (Å²) in [6.45, 7) is 2.20. The topological polar surface area (TPSA) is 30.0 Å². The second-order valence-corrected chi connectivity index (χ2v) is 5.26. The summed E-state index contributed by atoms with van der Waals surface area (Å²) >= 11 is 0. The molecule has 0 bridgehead atoms. The van der Waals surface area contributed by atoms with Crippen LogP contribution in [0, 0.1) is 17.7 Å². The van der Waals surface area contributed by atoms with Gasteiger partial charge in [0.1, 0.15) is 5.82 Å². The number of Topliss-reactive ketones (excluding diaryl/α,β-unsaturated/α-hetero) is 1. The highest BCUT2D eigenvalue weighted by molar-refractivity contribution is 5.97. The average molecular weight is 249 g/mol. The number of ketones is 1. The van der Waals surface area contributed by atoms with E-state index >= 15 is 0 Å². The molecule has 3 heteroatoms. The van der Waals surface area contributed by atoms with Crippen LogP contribution in [0.2, 0.25) is 0 Å². The third-order valence-corrected chi connectivity index (χ3v) is 3.90. The van der Waals surface area contributed by atoms with E-state index in [9.17, 15) is 9.18 Å². The molecule has 0 amide bonds. The zero-order valence-corrected chi connectivity index (χ0v) is 10.9. The molecule has 0 spiro atoms.